The van der Waals surface area contributed by atoms with E-state index in [0.717, 1.165) is 36.2 Å². The number of nitrogens with one attached hydrogen (secondary N) is 2. The number of anilines is 1. The summed E-state index contributed by atoms with van der Waals surface area (Å²) in [7, 11) is 1.87. The van der Waals surface area contributed by atoms with Crippen LogP contribution in [0.3, 0.4) is 0 Å². The molecular formula is C18H23N5O2. The van der Waals surface area contributed by atoms with E-state index in [-0.39, 0.29) is 11.9 Å². The summed E-state index contributed by atoms with van der Waals surface area (Å²) < 4.78 is 1.74. The van der Waals surface area contributed by atoms with Gasteiger partial charge in [0, 0.05) is 45.0 Å². The summed E-state index contributed by atoms with van der Waals surface area (Å²) in [4.78, 5) is 25.5. The van der Waals surface area contributed by atoms with Gasteiger partial charge >= 0.3 is 6.03 Å². The van der Waals surface area contributed by atoms with Gasteiger partial charge in [-0.2, -0.15) is 5.10 Å². The van der Waals surface area contributed by atoms with Crippen molar-refractivity contribution in [2.45, 2.75) is 25.8 Å². The highest BCUT2D eigenvalue weighted by molar-refractivity contribution is 5.95. The minimum atomic E-state index is -0.202. The Hall–Kier alpha value is -2.83. The summed E-state index contributed by atoms with van der Waals surface area (Å²) in [6.45, 7) is 1.75. The average molecular weight is 341 g/mol. The molecule has 3 rings (SSSR count). The summed E-state index contributed by atoms with van der Waals surface area (Å²) in [5.74, 6) is 0.165. The van der Waals surface area contributed by atoms with Crippen LogP contribution in [0.15, 0.2) is 36.7 Å². The highest BCUT2D eigenvalue weighted by atomic mass is 16.2. The number of carbonyl (C=O) groups excluding carboxylic acids is 2. The number of aromatic nitrogens is 2. The second-order valence-electron chi connectivity index (χ2n) is 6.20. The predicted molar refractivity (Wildman–Crippen MR) is 95.2 cm³/mol. The van der Waals surface area contributed by atoms with E-state index in [1.54, 1.807) is 15.8 Å². The molecule has 0 atom stereocenters. The molecule has 1 aliphatic heterocycles. The van der Waals surface area contributed by atoms with Crippen LogP contribution in [0.25, 0.3) is 0 Å². The average Bonchev–Trinajstić information content (AvgIpc) is 3.21. The van der Waals surface area contributed by atoms with Gasteiger partial charge in [0.2, 0.25) is 5.91 Å². The van der Waals surface area contributed by atoms with Crippen molar-refractivity contribution in [2.24, 2.45) is 7.05 Å². The van der Waals surface area contributed by atoms with Gasteiger partial charge in [-0.1, -0.05) is 12.1 Å². The molecule has 2 aromatic rings. The van der Waals surface area contributed by atoms with E-state index in [4.69, 9.17) is 0 Å². The second kappa shape index (κ2) is 7.83. The summed E-state index contributed by atoms with van der Waals surface area (Å²) in [5.41, 5.74) is 2.96. The van der Waals surface area contributed by atoms with Crippen LogP contribution in [-0.2, 0) is 24.8 Å². The Bertz CT molecular complexity index is 755. The largest absolute Gasteiger partial charge is 0.338 e. The van der Waals surface area contributed by atoms with Crippen molar-refractivity contribution in [1.29, 1.82) is 0 Å². The minimum Gasteiger partial charge on any atom is -0.338 e. The number of carbonyl (C=O) groups is 2. The number of rotatable bonds is 6. The first-order chi connectivity index (χ1) is 12.1. The van der Waals surface area contributed by atoms with Gasteiger partial charge in [-0.05, 0) is 36.1 Å². The van der Waals surface area contributed by atoms with Crippen molar-refractivity contribution < 1.29 is 9.59 Å². The van der Waals surface area contributed by atoms with Crippen LogP contribution < -0.4 is 15.5 Å². The van der Waals surface area contributed by atoms with Gasteiger partial charge in [0.05, 0.1) is 6.20 Å². The van der Waals surface area contributed by atoms with Crippen LogP contribution in [-0.4, -0.2) is 34.8 Å². The number of hydrogen-bond donors (Lipinski definition) is 2. The highest BCUT2D eigenvalue weighted by Gasteiger charge is 2.21. The van der Waals surface area contributed by atoms with E-state index in [0.29, 0.717) is 19.5 Å². The molecule has 2 N–H and O–H groups in total. The predicted octanol–water partition coefficient (Wildman–Crippen LogP) is 1.59. The highest BCUT2D eigenvalue weighted by Crippen LogP contribution is 2.22. The molecule has 132 valence electrons. The summed E-state index contributed by atoms with van der Waals surface area (Å²) >= 11 is 0. The SMILES string of the molecule is Cn1cc(CCNC(=O)NCc2cccc(N3CCCC3=O)c2)cn1. The van der Waals surface area contributed by atoms with E-state index in [2.05, 4.69) is 15.7 Å². The minimum absolute atomic E-state index is 0.165. The topological polar surface area (TPSA) is 79.3 Å². The third kappa shape index (κ3) is 4.59. The molecule has 1 aromatic carbocycles. The van der Waals surface area contributed by atoms with Gasteiger partial charge in [-0.25, -0.2) is 4.79 Å². The molecule has 3 amide bonds. The standard InChI is InChI=1S/C18H23N5O2/c1-22-13-15(12-21-22)7-8-19-18(25)20-11-14-4-2-5-16(10-14)23-9-3-6-17(23)24/h2,4-5,10,12-13H,3,6-9,11H2,1H3,(H2,19,20,25). The van der Waals surface area contributed by atoms with Gasteiger partial charge < -0.3 is 15.5 Å². The Morgan fingerprint density at radius 2 is 2.16 bits per heavy atom. The molecule has 2 heterocycles. The summed E-state index contributed by atoms with van der Waals surface area (Å²) in [6, 6.07) is 7.55. The van der Waals surface area contributed by atoms with Gasteiger partial charge in [-0.15, -0.1) is 0 Å². The van der Waals surface area contributed by atoms with Crippen LogP contribution in [0.5, 0.6) is 0 Å². The molecule has 1 aliphatic rings. The second-order valence-corrected chi connectivity index (χ2v) is 6.20. The van der Waals surface area contributed by atoms with Crippen LogP contribution in [0.2, 0.25) is 0 Å². The molecule has 0 aliphatic carbocycles. The number of urea groups is 1. The van der Waals surface area contributed by atoms with Crippen molar-refractivity contribution in [1.82, 2.24) is 20.4 Å². The zero-order valence-electron chi connectivity index (χ0n) is 14.4. The first-order valence-electron chi connectivity index (χ1n) is 8.50. The zero-order valence-corrected chi connectivity index (χ0v) is 14.4. The molecule has 1 aromatic heterocycles. The fourth-order valence-corrected chi connectivity index (χ4v) is 2.92. The first-order valence-corrected chi connectivity index (χ1v) is 8.50. The maximum Gasteiger partial charge on any atom is 0.315 e. The number of aryl methyl sites for hydroxylation is 1. The smallest absolute Gasteiger partial charge is 0.315 e. The number of hydrogen-bond acceptors (Lipinski definition) is 3. The molecule has 1 saturated heterocycles. The van der Waals surface area contributed by atoms with Crippen molar-refractivity contribution in [3.63, 3.8) is 0 Å². The van der Waals surface area contributed by atoms with E-state index >= 15 is 0 Å². The van der Waals surface area contributed by atoms with E-state index < -0.39 is 0 Å². The Kier molecular flexibility index (Phi) is 5.33. The lowest BCUT2D eigenvalue weighted by atomic mass is 10.2. The number of amides is 3. The maximum atomic E-state index is 11.9. The fraction of sp³-hybridized carbons (Fsp3) is 0.389. The Morgan fingerprint density at radius 3 is 2.88 bits per heavy atom. The molecule has 1 fully saturated rings. The fourth-order valence-electron chi connectivity index (χ4n) is 2.92. The molecule has 0 saturated carbocycles. The monoisotopic (exact) mass is 341 g/mol. The Balaban J connectivity index is 1.44. The lowest BCUT2D eigenvalue weighted by Crippen LogP contribution is -2.36. The van der Waals surface area contributed by atoms with Crippen molar-refractivity contribution >= 4 is 17.6 Å². The van der Waals surface area contributed by atoms with Gasteiger partial charge in [-0.3, -0.25) is 9.48 Å². The number of benzene rings is 1. The Labute approximate surface area is 147 Å². The van der Waals surface area contributed by atoms with Crippen molar-refractivity contribution in [3.8, 4) is 0 Å². The lowest BCUT2D eigenvalue weighted by molar-refractivity contribution is -0.117. The van der Waals surface area contributed by atoms with Gasteiger partial charge in [0.25, 0.3) is 0 Å². The summed E-state index contributed by atoms with van der Waals surface area (Å²) in [6.07, 6.45) is 5.99. The third-order valence-corrected chi connectivity index (χ3v) is 4.21. The summed E-state index contributed by atoms with van der Waals surface area (Å²) in [5, 5.41) is 9.78. The van der Waals surface area contributed by atoms with E-state index in [1.165, 1.54) is 0 Å². The van der Waals surface area contributed by atoms with E-state index in [1.807, 2.05) is 37.5 Å². The Morgan fingerprint density at radius 1 is 1.28 bits per heavy atom. The van der Waals surface area contributed by atoms with Crippen LogP contribution in [0.4, 0.5) is 10.5 Å². The lowest BCUT2D eigenvalue weighted by Gasteiger charge is -2.16. The van der Waals surface area contributed by atoms with Crippen LogP contribution in [0.1, 0.15) is 24.0 Å². The molecular weight excluding hydrogens is 318 g/mol. The quantitative estimate of drug-likeness (QED) is 0.837. The molecule has 25 heavy (non-hydrogen) atoms. The molecule has 7 heteroatoms. The van der Waals surface area contributed by atoms with Gasteiger partial charge in [0.15, 0.2) is 0 Å². The molecule has 0 radical (unpaired) electrons. The molecule has 0 spiro atoms. The van der Waals surface area contributed by atoms with Gasteiger partial charge in [0.1, 0.15) is 0 Å². The third-order valence-electron chi connectivity index (χ3n) is 4.21. The maximum absolute atomic E-state index is 11.9. The molecule has 0 unspecified atom stereocenters. The van der Waals surface area contributed by atoms with Crippen molar-refractivity contribution in [3.05, 3.63) is 47.8 Å². The zero-order chi connectivity index (χ0) is 17.6. The van der Waals surface area contributed by atoms with E-state index in [9.17, 15) is 9.59 Å². The first kappa shape index (κ1) is 17.0. The normalized spacial score (nSPS) is 14.0. The molecule has 0 bridgehead atoms. The molecule has 7 nitrogen and oxygen atoms in total. The van der Waals surface area contributed by atoms with Crippen LogP contribution in [0, 0.1) is 0 Å². The van der Waals surface area contributed by atoms with Crippen molar-refractivity contribution in [2.75, 3.05) is 18.0 Å². The van der Waals surface area contributed by atoms with Crippen LogP contribution >= 0.6 is 0 Å². The number of nitrogens with zero attached hydrogens (tertiary/aromatic N) is 3.